The van der Waals surface area contributed by atoms with Crippen molar-refractivity contribution in [3.63, 3.8) is 0 Å². The van der Waals surface area contributed by atoms with Crippen LogP contribution in [-0.4, -0.2) is 34.4 Å². The topological polar surface area (TPSA) is 55.4 Å². The molecule has 0 spiro atoms. The Balaban J connectivity index is 2.18. The molecule has 1 aliphatic rings. The number of aryl methyl sites for hydroxylation is 1. The van der Waals surface area contributed by atoms with Crippen molar-refractivity contribution >= 4 is 9.84 Å². The number of hydrogen-bond donors (Lipinski definition) is 1. The maximum Gasteiger partial charge on any atom is 0.178 e. The van der Waals surface area contributed by atoms with E-state index in [2.05, 4.69) is 5.32 Å². The van der Waals surface area contributed by atoms with Gasteiger partial charge in [0.05, 0.1) is 17.8 Å². The summed E-state index contributed by atoms with van der Waals surface area (Å²) in [4.78, 5) is 0.430. The first kappa shape index (κ1) is 14.3. The molecule has 0 bridgehead atoms. The van der Waals surface area contributed by atoms with E-state index in [0.29, 0.717) is 10.6 Å². The lowest BCUT2D eigenvalue weighted by molar-refractivity contribution is 0.403. The van der Waals surface area contributed by atoms with Crippen LogP contribution >= 0.6 is 0 Å². The van der Waals surface area contributed by atoms with Gasteiger partial charge >= 0.3 is 0 Å². The zero-order valence-corrected chi connectivity index (χ0v) is 12.3. The van der Waals surface area contributed by atoms with Crippen LogP contribution in [0, 0.1) is 12.8 Å². The van der Waals surface area contributed by atoms with E-state index in [4.69, 9.17) is 4.74 Å². The fourth-order valence-corrected chi connectivity index (χ4v) is 4.47. The molecular weight excluding hydrogens is 262 g/mol. The zero-order chi connectivity index (χ0) is 13.9. The Bertz CT molecular complexity index is 534. The van der Waals surface area contributed by atoms with Crippen LogP contribution in [-0.2, 0) is 9.84 Å². The van der Waals surface area contributed by atoms with Crippen molar-refractivity contribution in [2.75, 3.05) is 26.0 Å². The molecule has 106 valence electrons. The van der Waals surface area contributed by atoms with Gasteiger partial charge < -0.3 is 10.1 Å². The Morgan fingerprint density at radius 3 is 2.79 bits per heavy atom. The molecule has 1 saturated heterocycles. The molecule has 1 aromatic rings. The third-order valence-electron chi connectivity index (χ3n) is 3.57. The van der Waals surface area contributed by atoms with Crippen LogP contribution in [0.25, 0.3) is 0 Å². The molecule has 0 radical (unpaired) electrons. The molecule has 1 unspecified atom stereocenters. The van der Waals surface area contributed by atoms with Crippen molar-refractivity contribution in [1.82, 2.24) is 5.32 Å². The summed E-state index contributed by atoms with van der Waals surface area (Å²) < 4.78 is 30.0. The fraction of sp³-hybridized carbons (Fsp3) is 0.571. The third kappa shape index (κ3) is 3.48. The van der Waals surface area contributed by atoms with E-state index in [9.17, 15) is 8.42 Å². The Morgan fingerprint density at radius 2 is 2.21 bits per heavy atom. The van der Waals surface area contributed by atoms with Gasteiger partial charge in [-0.15, -0.1) is 0 Å². The Kier molecular flexibility index (Phi) is 4.47. The third-order valence-corrected chi connectivity index (χ3v) is 5.61. The zero-order valence-electron chi connectivity index (χ0n) is 11.5. The average Bonchev–Trinajstić information content (AvgIpc) is 2.38. The molecule has 1 aliphatic heterocycles. The molecular formula is C14H21NO3S. The van der Waals surface area contributed by atoms with Crippen molar-refractivity contribution in [3.05, 3.63) is 23.8 Å². The van der Waals surface area contributed by atoms with Crippen molar-refractivity contribution in [3.8, 4) is 5.75 Å². The maximum absolute atomic E-state index is 12.5. The summed E-state index contributed by atoms with van der Waals surface area (Å²) in [5.74, 6) is 1.14. The van der Waals surface area contributed by atoms with Crippen LogP contribution < -0.4 is 10.1 Å². The van der Waals surface area contributed by atoms with Gasteiger partial charge in [0.2, 0.25) is 0 Å². The lowest BCUT2D eigenvalue weighted by Gasteiger charge is -2.22. The van der Waals surface area contributed by atoms with E-state index < -0.39 is 9.84 Å². The van der Waals surface area contributed by atoms with Gasteiger partial charge in [-0.3, -0.25) is 0 Å². The van der Waals surface area contributed by atoms with E-state index in [1.807, 2.05) is 6.92 Å². The van der Waals surface area contributed by atoms with E-state index in [1.165, 1.54) is 0 Å². The highest BCUT2D eigenvalue weighted by Crippen LogP contribution is 2.24. The summed E-state index contributed by atoms with van der Waals surface area (Å²) in [6.45, 7) is 3.61. The van der Waals surface area contributed by atoms with Gasteiger partial charge in [-0.25, -0.2) is 8.42 Å². The normalized spacial score (nSPS) is 20.2. The Hall–Kier alpha value is -1.07. The van der Waals surface area contributed by atoms with Gasteiger partial charge in [0, 0.05) is 0 Å². The molecule has 1 heterocycles. The Morgan fingerprint density at radius 1 is 1.42 bits per heavy atom. The van der Waals surface area contributed by atoms with Gasteiger partial charge in [-0.2, -0.15) is 0 Å². The van der Waals surface area contributed by atoms with Crippen LogP contribution in [0.15, 0.2) is 23.1 Å². The minimum atomic E-state index is -3.21. The smallest absolute Gasteiger partial charge is 0.178 e. The molecule has 1 atom stereocenters. The average molecular weight is 283 g/mol. The highest BCUT2D eigenvalue weighted by molar-refractivity contribution is 7.91. The van der Waals surface area contributed by atoms with Crippen LogP contribution in [0.3, 0.4) is 0 Å². The molecule has 5 heteroatoms. The summed E-state index contributed by atoms with van der Waals surface area (Å²) in [6, 6.07) is 5.13. The predicted octanol–water partition coefficient (Wildman–Crippen LogP) is 1.78. The first-order chi connectivity index (χ1) is 9.03. The van der Waals surface area contributed by atoms with Crippen molar-refractivity contribution in [2.24, 2.45) is 5.92 Å². The van der Waals surface area contributed by atoms with E-state index in [-0.39, 0.29) is 11.7 Å². The first-order valence-electron chi connectivity index (χ1n) is 6.61. The van der Waals surface area contributed by atoms with Crippen molar-refractivity contribution in [2.45, 2.75) is 24.7 Å². The number of sulfone groups is 1. The number of rotatable bonds is 4. The number of piperidine rings is 1. The fourth-order valence-electron chi connectivity index (χ4n) is 2.56. The number of nitrogens with one attached hydrogen (secondary N) is 1. The SMILES string of the molecule is COc1ccc(S(=O)(=O)CC2CCCNC2)c(C)c1. The van der Waals surface area contributed by atoms with E-state index in [1.54, 1.807) is 25.3 Å². The minimum Gasteiger partial charge on any atom is -0.497 e. The summed E-state index contributed by atoms with van der Waals surface area (Å²) >= 11 is 0. The summed E-state index contributed by atoms with van der Waals surface area (Å²) in [7, 11) is -1.63. The van der Waals surface area contributed by atoms with Gasteiger partial charge in [0.15, 0.2) is 9.84 Å². The van der Waals surface area contributed by atoms with E-state index in [0.717, 1.165) is 31.5 Å². The van der Waals surface area contributed by atoms with Crippen molar-refractivity contribution < 1.29 is 13.2 Å². The number of methoxy groups -OCH3 is 1. The summed E-state index contributed by atoms with van der Waals surface area (Å²) in [5, 5.41) is 3.26. The van der Waals surface area contributed by atoms with Crippen LogP contribution in [0.5, 0.6) is 5.75 Å². The minimum absolute atomic E-state index is 0.222. The van der Waals surface area contributed by atoms with Gasteiger partial charge in [0.25, 0.3) is 0 Å². The number of ether oxygens (including phenoxy) is 1. The number of hydrogen-bond acceptors (Lipinski definition) is 4. The lowest BCUT2D eigenvalue weighted by Crippen LogP contribution is -2.33. The van der Waals surface area contributed by atoms with E-state index >= 15 is 0 Å². The standard InChI is InChI=1S/C14H21NO3S/c1-11-8-13(18-2)5-6-14(11)19(16,17)10-12-4-3-7-15-9-12/h5-6,8,12,15H,3-4,7,9-10H2,1-2H3. The predicted molar refractivity (Wildman–Crippen MR) is 75.4 cm³/mol. The monoisotopic (exact) mass is 283 g/mol. The maximum atomic E-state index is 12.5. The Labute approximate surface area is 115 Å². The molecule has 1 aromatic carbocycles. The molecule has 1 fully saturated rings. The summed E-state index contributed by atoms with van der Waals surface area (Å²) in [5.41, 5.74) is 0.753. The highest BCUT2D eigenvalue weighted by Gasteiger charge is 2.24. The van der Waals surface area contributed by atoms with Gasteiger partial charge in [-0.05, 0) is 62.5 Å². The summed E-state index contributed by atoms with van der Waals surface area (Å²) in [6.07, 6.45) is 2.04. The highest BCUT2D eigenvalue weighted by atomic mass is 32.2. The van der Waals surface area contributed by atoms with Crippen LogP contribution in [0.2, 0.25) is 0 Å². The van der Waals surface area contributed by atoms with Crippen LogP contribution in [0.4, 0.5) is 0 Å². The second-order valence-corrected chi connectivity index (χ2v) is 7.13. The quantitative estimate of drug-likeness (QED) is 0.915. The van der Waals surface area contributed by atoms with Gasteiger partial charge in [-0.1, -0.05) is 0 Å². The number of benzene rings is 1. The lowest BCUT2D eigenvalue weighted by atomic mass is 10.0. The van der Waals surface area contributed by atoms with Crippen LogP contribution in [0.1, 0.15) is 18.4 Å². The molecule has 2 rings (SSSR count). The second kappa shape index (κ2) is 5.92. The first-order valence-corrected chi connectivity index (χ1v) is 8.26. The molecule has 1 N–H and O–H groups in total. The largest absolute Gasteiger partial charge is 0.497 e. The molecule has 4 nitrogen and oxygen atoms in total. The van der Waals surface area contributed by atoms with Crippen molar-refractivity contribution in [1.29, 1.82) is 0 Å². The molecule has 0 amide bonds. The molecule has 19 heavy (non-hydrogen) atoms. The molecule has 0 saturated carbocycles. The molecule has 0 aliphatic carbocycles. The second-order valence-electron chi connectivity index (χ2n) is 5.13. The van der Waals surface area contributed by atoms with Gasteiger partial charge in [0.1, 0.15) is 5.75 Å². The molecule has 0 aromatic heterocycles.